The van der Waals surface area contributed by atoms with E-state index in [4.69, 9.17) is 4.42 Å². The molecule has 0 aliphatic carbocycles. The molecule has 1 aromatic heterocycles. The molecular formula is C17H14BrNO4S. The van der Waals surface area contributed by atoms with E-state index in [1.54, 1.807) is 37.3 Å². The summed E-state index contributed by atoms with van der Waals surface area (Å²) in [5, 5.41) is 0.594. The van der Waals surface area contributed by atoms with E-state index in [2.05, 4.69) is 20.7 Å². The monoisotopic (exact) mass is 407 g/mol. The standard InChI is InChI=1S/C17H14BrNO4S/c1-10(20)17-11(2)23-16-8-5-13(9-15(16)17)19-24(21,22)14-6-3-12(18)4-7-14/h3-9,19H,1-2H3. The number of sulfonamides is 1. The molecule has 2 aromatic carbocycles. The van der Waals surface area contributed by atoms with Crippen LogP contribution in [0.2, 0.25) is 0 Å². The normalized spacial score (nSPS) is 11.6. The van der Waals surface area contributed by atoms with Gasteiger partial charge in [0.25, 0.3) is 10.0 Å². The second-order valence-electron chi connectivity index (χ2n) is 5.36. The third kappa shape index (κ3) is 3.09. The molecule has 5 nitrogen and oxygen atoms in total. The number of hydrogen-bond acceptors (Lipinski definition) is 4. The van der Waals surface area contributed by atoms with E-state index in [1.807, 2.05) is 0 Å². The van der Waals surface area contributed by atoms with Gasteiger partial charge in [0.1, 0.15) is 11.3 Å². The van der Waals surface area contributed by atoms with Crippen LogP contribution in [0.4, 0.5) is 5.69 Å². The van der Waals surface area contributed by atoms with Gasteiger partial charge in [0, 0.05) is 15.5 Å². The lowest BCUT2D eigenvalue weighted by atomic mass is 10.1. The second-order valence-corrected chi connectivity index (χ2v) is 7.96. The number of carbonyl (C=O) groups is 1. The predicted molar refractivity (Wildman–Crippen MR) is 95.9 cm³/mol. The van der Waals surface area contributed by atoms with Crippen LogP contribution in [0.1, 0.15) is 23.0 Å². The molecule has 0 unspecified atom stereocenters. The van der Waals surface area contributed by atoms with Gasteiger partial charge in [0.15, 0.2) is 5.78 Å². The number of fused-ring (bicyclic) bond motifs is 1. The Morgan fingerprint density at radius 2 is 1.79 bits per heavy atom. The molecule has 0 saturated heterocycles. The second kappa shape index (κ2) is 6.07. The maximum Gasteiger partial charge on any atom is 0.261 e. The fourth-order valence-electron chi connectivity index (χ4n) is 2.55. The van der Waals surface area contributed by atoms with Crippen molar-refractivity contribution in [2.24, 2.45) is 0 Å². The van der Waals surface area contributed by atoms with Gasteiger partial charge in [0.2, 0.25) is 0 Å². The van der Waals surface area contributed by atoms with Crippen molar-refractivity contribution in [1.29, 1.82) is 0 Å². The van der Waals surface area contributed by atoms with Crippen LogP contribution in [-0.4, -0.2) is 14.2 Å². The van der Waals surface area contributed by atoms with E-state index in [0.29, 0.717) is 28.0 Å². The highest BCUT2D eigenvalue weighted by atomic mass is 79.9. The number of ketones is 1. The van der Waals surface area contributed by atoms with Crippen molar-refractivity contribution in [3.05, 3.63) is 58.3 Å². The van der Waals surface area contributed by atoms with Gasteiger partial charge >= 0.3 is 0 Å². The van der Waals surface area contributed by atoms with Gasteiger partial charge in [-0.3, -0.25) is 9.52 Å². The van der Waals surface area contributed by atoms with Gasteiger partial charge in [-0.05, 0) is 56.3 Å². The lowest BCUT2D eigenvalue weighted by Crippen LogP contribution is -2.12. The van der Waals surface area contributed by atoms with E-state index in [-0.39, 0.29) is 10.7 Å². The van der Waals surface area contributed by atoms with Crippen LogP contribution in [0.3, 0.4) is 0 Å². The molecule has 0 fully saturated rings. The maximum atomic E-state index is 12.5. The van der Waals surface area contributed by atoms with Crippen LogP contribution in [0.25, 0.3) is 11.0 Å². The number of aryl methyl sites for hydroxylation is 1. The molecule has 0 saturated carbocycles. The summed E-state index contributed by atoms with van der Waals surface area (Å²) in [6.45, 7) is 3.17. The minimum atomic E-state index is -3.71. The molecular weight excluding hydrogens is 394 g/mol. The smallest absolute Gasteiger partial charge is 0.261 e. The first-order valence-electron chi connectivity index (χ1n) is 7.10. The van der Waals surface area contributed by atoms with Gasteiger partial charge in [-0.25, -0.2) is 8.42 Å². The fraction of sp³-hybridized carbons (Fsp3) is 0.118. The number of Topliss-reactive ketones (excluding diaryl/α,β-unsaturated/α-hetero) is 1. The molecule has 124 valence electrons. The minimum Gasteiger partial charge on any atom is -0.461 e. The summed E-state index contributed by atoms with van der Waals surface area (Å²) in [6, 6.07) is 11.2. The summed E-state index contributed by atoms with van der Waals surface area (Å²) in [7, 11) is -3.71. The maximum absolute atomic E-state index is 12.5. The van der Waals surface area contributed by atoms with E-state index in [9.17, 15) is 13.2 Å². The molecule has 24 heavy (non-hydrogen) atoms. The molecule has 1 heterocycles. The third-order valence-corrected chi connectivity index (χ3v) is 5.52. The van der Waals surface area contributed by atoms with Gasteiger partial charge < -0.3 is 4.42 Å². The number of nitrogens with one attached hydrogen (secondary N) is 1. The predicted octanol–water partition coefficient (Wildman–Crippen LogP) is 4.51. The van der Waals surface area contributed by atoms with Crippen molar-refractivity contribution < 1.29 is 17.6 Å². The van der Waals surface area contributed by atoms with Gasteiger partial charge in [-0.15, -0.1) is 0 Å². The average molecular weight is 408 g/mol. The first-order chi connectivity index (χ1) is 11.3. The Balaban J connectivity index is 2.02. The van der Waals surface area contributed by atoms with E-state index < -0.39 is 10.0 Å². The zero-order valence-corrected chi connectivity index (χ0v) is 15.4. The number of furan rings is 1. The Bertz CT molecular complexity index is 1040. The van der Waals surface area contributed by atoms with Crippen LogP contribution >= 0.6 is 15.9 Å². The summed E-state index contributed by atoms with van der Waals surface area (Å²) in [6.07, 6.45) is 0. The van der Waals surface area contributed by atoms with Crippen molar-refractivity contribution in [3.63, 3.8) is 0 Å². The number of rotatable bonds is 4. The summed E-state index contributed by atoms with van der Waals surface area (Å²) in [4.78, 5) is 11.9. The zero-order valence-electron chi connectivity index (χ0n) is 13.0. The Labute approximate surface area is 147 Å². The molecule has 0 bridgehead atoms. The molecule has 0 atom stereocenters. The lowest BCUT2D eigenvalue weighted by Gasteiger charge is -2.08. The van der Waals surface area contributed by atoms with Crippen LogP contribution in [0.15, 0.2) is 56.2 Å². The van der Waals surface area contributed by atoms with Crippen LogP contribution in [0, 0.1) is 6.92 Å². The lowest BCUT2D eigenvalue weighted by molar-refractivity contribution is 0.101. The quantitative estimate of drug-likeness (QED) is 0.645. The molecule has 3 aromatic rings. The highest BCUT2D eigenvalue weighted by Crippen LogP contribution is 2.29. The molecule has 0 radical (unpaired) electrons. The Morgan fingerprint density at radius 1 is 1.12 bits per heavy atom. The third-order valence-electron chi connectivity index (χ3n) is 3.59. The molecule has 0 amide bonds. The molecule has 0 spiro atoms. The summed E-state index contributed by atoms with van der Waals surface area (Å²) < 4.78 is 33.8. The molecule has 3 rings (SSSR count). The summed E-state index contributed by atoms with van der Waals surface area (Å²) >= 11 is 3.27. The van der Waals surface area contributed by atoms with Crippen molar-refractivity contribution >= 4 is 48.4 Å². The Hall–Kier alpha value is -2.12. The number of benzene rings is 2. The zero-order chi connectivity index (χ0) is 17.5. The first kappa shape index (κ1) is 16.7. The SMILES string of the molecule is CC(=O)c1c(C)oc2ccc(NS(=O)(=O)c3ccc(Br)cc3)cc12. The van der Waals surface area contributed by atoms with E-state index >= 15 is 0 Å². The fourth-order valence-corrected chi connectivity index (χ4v) is 3.86. The van der Waals surface area contributed by atoms with Gasteiger partial charge in [0.05, 0.1) is 10.5 Å². The molecule has 1 N–H and O–H groups in total. The minimum absolute atomic E-state index is 0.126. The first-order valence-corrected chi connectivity index (χ1v) is 9.38. The van der Waals surface area contributed by atoms with Gasteiger partial charge in [-0.1, -0.05) is 15.9 Å². The van der Waals surface area contributed by atoms with Crippen molar-refractivity contribution in [1.82, 2.24) is 0 Å². The van der Waals surface area contributed by atoms with Gasteiger partial charge in [-0.2, -0.15) is 0 Å². The largest absolute Gasteiger partial charge is 0.461 e. The molecule has 0 aliphatic heterocycles. The van der Waals surface area contributed by atoms with Crippen LogP contribution in [-0.2, 0) is 10.0 Å². The average Bonchev–Trinajstić information content (AvgIpc) is 2.82. The highest BCUT2D eigenvalue weighted by Gasteiger charge is 2.18. The van der Waals surface area contributed by atoms with E-state index in [0.717, 1.165) is 4.47 Å². The number of anilines is 1. The molecule has 0 aliphatic rings. The van der Waals surface area contributed by atoms with Crippen LogP contribution in [0.5, 0.6) is 0 Å². The van der Waals surface area contributed by atoms with E-state index in [1.165, 1.54) is 19.1 Å². The summed E-state index contributed by atoms with van der Waals surface area (Å²) in [5.74, 6) is 0.393. The number of carbonyl (C=O) groups excluding carboxylic acids is 1. The Morgan fingerprint density at radius 3 is 2.42 bits per heavy atom. The summed E-state index contributed by atoms with van der Waals surface area (Å²) in [5.41, 5.74) is 1.38. The molecule has 7 heteroatoms. The Kier molecular flexibility index (Phi) is 4.23. The number of halogens is 1. The number of hydrogen-bond donors (Lipinski definition) is 1. The van der Waals surface area contributed by atoms with Crippen molar-refractivity contribution in [2.75, 3.05) is 4.72 Å². The topological polar surface area (TPSA) is 76.4 Å². The highest BCUT2D eigenvalue weighted by molar-refractivity contribution is 9.10. The van der Waals surface area contributed by atoms with Crippen molar-refractivity contribution in [3.8, 4) is 0 Å². The van der Waals surface area contributed by atoms with Crippen LogP contribution < -0.4 is 4.72 Å². The van der Waals surface area contributed by atoms with Crippen molar-refractivity contribution in [2.45, 2.75) is 18.7 Å².